The van der Waals surface area contributed by atoms with Gasteiger partial charge in [0.05, 0.1) is 0 Å². The van der Waals surface area contributed by atoms with Crippen LogP contribution < -0.4 is 10.6 Å². The van der Waals surface area contributed by atoms with Crippen LogP contribution in [0.2, 0.25) is 0 Å². The predicted molar refractivity (Wildman–Crippen MR) is 92.5 cm³/mol. The summed E-state index contributed by atoms with van der Waals surface area (Å²) in [7, 11) is 0. The van der Waals surface area contributed by atoms with E-state index in [0.717, 1.165) is 28.9 Å². The Bertz CT molecular complexity index is 431. The fraction of sp³-hybridized carbons (Fsp3) is 0.600. The second-order valence-corrected chi connectivity index (χ2v) is 7.00. The molecule has 0 spiro atoms. The molecule has 2 N–H and O–H groups in total. The zero-order valence-electron chi connectivity index (χ0n) is 12.0. The van der Waals surface area contributed by atoms with E-state index in [1.807, 2.05) is 19.1 Å². The van der Waals surface area contributed by atoms with E-state index in [1.54, 1.807) is 6.20 Å². The van der Waals surface area contributed by atoms with Crippen molar-refractivity contribution in [1.82, 2.24) is 10.3 Å². The van der Waals surface area contributed by atoms with E-state index < -0.39 is 0 Å². The van der Waals surface area contributed by atoms with Gasteiger partial charge in [0.1, 0.15) is 5.82 Å². The number of aromatic nitrogens is 1. The first-order valence-electron chi connectivity index (χ1n) is 7.34. The molecular weight excluding hydrogens is 286 g/mol. The van der Waals surface area contributed by atoms with Crippen LogP contribution in [0.15, 0.2) is 18.3 Å². The second kappa shape index (κ2) is 8.47. The lowest BCUT2D eigenvalue weighted by Gasteiger charge is -2.21. The van der Waals surface area contributed by atoms with Gasteiger partial charge in [0.15, 0.2) is 5.11 Å². The number of nitrogens with zero attached hydrogens (tertiary/aromatic N) is 1. The van der Waals surface area contributed by atoms with Gasteiger partial charge < -0.3 is 10.6 Å². The molecule has 1 aliphatic carbocycles. The third-order valence-corrected chi connectivity index (χ3v) is 5.16. The van der Waals surface area contributed by atoms with E-state index in [1.165, 1.54) is 32.1 Å². The molecule has 0 saturated heterocycles. The zero-order valence-corrected chi connectivity index (χ0v) is 13.7. The summed E-state index contributed by atoms with van der Waals surface area (Å²) in [6.07, 6.45) is 8.79. The minimum Gasteiger partial charge on any atom is -0.362 e. The van der Waals surface area contributed by atoms with E-state index in [4.69, 9.17) is 12.2 Å². The molecule has 0 amide bonds. The Kier molecular flexibility index (Phi) is 6.60. The number of hydrogen-bond donors (Lipinski definition) is 2. The van der Waals surface area contributed by atoms with Gasteiger partial charge in [-0.1, -0.05) is 25.3 Å². The van der Waals surface area contributed by atoms with Gasteiger partial charge >= 0.3 is 0 Å². The minimum absolute atomic E-state index is 0.663. The van der Waals surface area contributed by atoms with E-state index >= 15 is 0 Å². The molecule has 0 bridgehead atoms. The van der Waals surface area contributed by atoms with E-state index in [2.05, 4.69) is 27.4 Å². The molecule has 1 fully saturated rings. The lowest BCUT2D eigenvalue weighted by Crippen LogP contribution is -2.31. The van der Waals surface area contributed by atoms with E-state index in [9.17, 15) is 0 Å². The van der Waals surface area contributed by atoms with Crippen LogP contribution in [0.3, 0.4) is 0 Å². The summed E-state index contributed by atoms with van der Waals surface area (Å²) in [6, 6.07) is 3.95. The SMILES string of the molecule is Cc1cccnc1NC(=S)NCCSC1CCCCC1. The second-order valence-electron chi connectivity index (χ2n) is 5.18. The first kappa shape index (κ1) is 15.6. The summed E-state index contributed by atoms with van der Waals surface area (Å²) in [6.45, 7) is 2.94. The molecule has 1 heterocycles. The molecule has 2 rings (SSSR count). The van der Waals surface area contributed by atoms with E-state index in [-0.39, 0.29) is 0 Å². The summed E-state index contributed by atoms with van der Waals surface area (Å²) < 4.78 is 0. The molecule has 0 radical (unpaired) electrons. The Balaban J connectivity index is 1.61. The summed E-state index contributed by atoms with van der Waals surface area (Å²) in [5.74, 6) is 1.96. The molecular formula is C15H23N3S2. The molecule has 5 heteroatoms. The number of aryl methyl sites for hydroxylation is 1. The monoisotopic (exact) mass is 309 g/mol. The maximum Gasteiger partial charge on any atom is 0.171 e. The molecule has 110 valence electrons. The van der Waals surface area contributed by atoms with Crippen molar-refractivity contribution in [3.05, 3.63) is 23.9 Å². The van der Waals surface area contributed by atoms with Crippen LogP contribution in [0.25, 0.3) is 0 Å². The topological polar surface area (TPSA) is 37.0 Å². The van der Waals surface area contributed by atoms with Crippen LogP contribution in [0.4, 0.5) is 5.82 Å². The average molecular weight is 310 g/mol. The lowest BCUT2D eigenvalue weighted by atomic mass is 10.0. The normalized spacial score (nSPS) is 15.8. The highest BCUT2D eigenvalue weighted by atomic mass is 32.2. The Morgan fingerprint density at radius 2 is 2.20 bits per heavy atom. The molecule has 1 aliphatic rings. The van der Waals surface area contributed by atoms with Crippen LogP contribution in [0.5, 0.6) is 0 Å². The van der Waals surface area contributed by atoms with Crippen molar-refractivity contribution in [2.24, 2.45) is 0 Å². The number of anilines is 1. The van der Waals surface area contributed by atoms with Gasteiger partial charge in [-0.25, -0.2) is 4.98 Å². The minimum atomic E-state index is 0.663. The van der Waals surface area contributed by atoms with Gasteiger partial charge in [0.25, 0.3) is 0 Å². The summed E-state index contributed by atoms with van der Waals surface area (Å²) in [4.78, 5) is 4.28. The number of nitrogens with one attached hydrogen (secondary N) is 2. The van der Waals surface area contributed by atoms with Gasteiger partial charge in [-0.15, -0.1) is 0 Å². The number of thiocarbonyl (C=S) groups is 1. The van der Waals surface area contributed by atoms with Crippen molar-refractivity contribution in [2.75, 3.05) is 17.6 Å². The fourth-order valence-electron chi connectivity index (χ4n) is 2.39. The Hall–Kier alpha value is -0.810. The zero-order chi connectivity index (χ0) is 14.2. The number of thioether (sulfide) groups is 1. The van der Waals surface area contributed by atoms with Crippen LogP contribution >= 0.6 is 24.0 Å². The van der Waals surface area contributed by atoms with Crippen molar-refractivity contribution in [3.8, 4) is 0 Å². The molecule has 0 unspecified atom stereocenters. The number of pyridine rings is 1. The number of hydrogen-bond acceptors (Lipinski definition) is 3. The molecule has 1 aromatic heterocycles. The van der Waals surface area contributed by atoms with Crippen LogP contribution in [-0.4, -0.2) is 27.6 Å². The first-order valence-corrected chi connectivity index (χ1v) is 8.79. The predicted octanol–water partition coefficient (Wildman–Crippen LogP) is 3.74. The van der Waals surface area contributed by atoms with Gasteiger partial charge in [0, 0.05) is 23.7 Å². The van der Waals surface area contributed by atoms with Gasteiger partial charge in [0.2, 0.25) is 0 Å². The van der Waals surface area contributed by atoms with Crippen molar-refractivity contribution in [2.45, 2.75) is 44.3 Å². The van der Waals surface area contributed by atoms with E-state index in [0.29, 0.717) is 5.11 Å². The summed E-state index contributed by atoms with van der Waals surface area (Å²) >= 11 is 7.38. The number of rotatable bonds is 5. The quantitative estimate of drug-likeness (QED) is 0.640. The molecule has 0 aliphatic heterocycles. The standard InChI is InChI=1S/C15H23N3S2/c1-12-6-5-9-16-14(12)18-15(19)17-10-11-20-13-7-3-2-4-8-13/h5-6,9,13H,2-4,7-8,10-11H2,1H3,(H2,16,17,18,19). The fourth-order valence-corrected chi connectivity index (χ4v) is 3.81. The molecule has 3 nitrogen and oxygen atoms in total. The maximum atomic E-state index is 5.29. The molecule has 0 aromatic carbocycles. The van der Waals surface area contributed by atoms with Crippen LogP contribution in [-0.2, 0) is 0 Å². The molecule has 1 saturated carbocycles. The Morgan fingerprint density at radius 1 is 1.40 bits per heavy atom. The highest BCUT2D eigenvalue weighted by Crippen LogP contribution is 2.27. The van der Waals surface area contributed by atoms with Crippen molar-refractivity contribution in [3.63, 3.8) is 0 Å². The Labute approximate surface area is 131 Å². The van der Waals surface area contributed by atoms with Crippen LogP contribution in [0.1, 0.15) is 37.7 Å². The highest BCUT2D eigenvalue weighted by molar-refractivity contribution is 7.99. The average Bonchev–Trinajstić information content (AvgIpc) is 2.47. The first-order chi connectivity index (χ1) is 9.75. The maximum absolute atomic E-state index is 5.29. The highest BCUT2D eigenvalue weighted by Gasteiger charge is 2.13. The molecule has 1 aromatic rings. The molecule has 20 heavy (non-hydrogen) atoms. The third-order valence-electron chi connectivity index (χ3n) is 3.53. The largest absolute Gasteiger partial charge is 0.362 e. The lowest BCUT2D eigenvalue weighted by molar-refractivity contribution is 0.516. The summed E-state index contributed by atoms with van der Waals surface area (Å²) in [5, 5.41) is 7.93. The molecule has 0 atom stereocenters. The third kappa shape index (κ3) is 5.29. The van der Waals surface area contributed by atoms with Crippen LogP contribution in [0, 0.1) is 6.92 Å². The summed E-state index contributed by atoms with van der Waals surface area (Å²) in [5.41, 5.74) is 1.10. The van der Waals surface area contributed by atoms with Gasteiger partial charge in [-0.05, 0) is 43.6 Å². The van der Waals surface area contributed by atoms with Crippen molar-refractivity contribution in [1.29, 1.82) is 0 Å². The van der Waals surface area contributed by atoms with Gasteiger partial charge in [-0.2, -0.15) is 11.8 Å². The van der Waals surface area contributed by atoms with Crippen molar-refractivity contribution >= 4 is 34.9 Å². The van der Waals surface area contributed by atoms with Gasteiger partial charge in [-0.3, -0.25) is 0 Å². The Morgan fingerprint density at radius 3 is 2.95 bits per heavy atom. The smallest absolute Gasteiger partial charge is 0.171 e. The van der Waals surface area contributed by atoms with Crippen molar-refractivity contribution < 1.29 is 0 Å².